The lowest BCUT2D eigenvalue weighted by molar-refractivity contribution is -0.122. The van der Waals surface area contributed by atoms with Crippen LogP contribution in [0.15, 0.2) is 42.7 Å². The first-order valence-electron chi connectivity index (χ1n) is 8.24. The molecule has 3 rings (SSSR count). The lowest BCUT2D eigenvalue weighted by atomic mass is 9.99. The molecule has 0 saturated carbocycles. The van der Waals surface area contributed by atoms with Crippen LogP contribution >= 0.6 is 0 Å². The van der Waals surface area contributed by atoms with Crippen LogP contribution in [0.4, 0.5) is 0 Å². The molecule has 5 heteroatoms. The number of benzene rings is 1. The molecule has 5 nitrogen and oxygen atoms in total. The number of imidazole rings is 1. The highest BCUT2D eigenvalue weighted by molar-refractivity contribution is 5.78. The van der Waals surface area contributed by atoms with Crippen LogP contribution in [0.5, 0.6) is 0 Å². The van der Waals surface area contributed by atoms with Gasteiger partial charge in [0.1, 0.15) is 5.82 Å². The summed E-state index contributed by atoms with van der Waals surface area (Å²) in [7, 11) is 0. The molecule has 1 N–H and O–H groups in total. The Morgan fingerprint density at radius 2 is 2.17 bits per heavy atom. The Morgan fingerprint density at radius 1 is 1.35 bits per heavy atom. The first-order chi connectivity index (χ1) is 11.2. The van der Waals surface area contributed by atoms with Crippen LogP contribution in [0.1, 0.15) is 23.7 Å². The minimum Gasteiger partial charge on any atom is -0.353 e. The van der Waals surface area contributed by atoms with Crippen LogP contribution in [0, 0.1) is 6.92 Å². The molecule has 0 aliphatic carbocycles. The van der Waals surface area contributed by atoms with E-state index in [2.05, 4.69) is 39.5 Å². The van der Waals surface area contributed by atoms with Gasteiger partial charge in [-0.15, -0.1) is 0 Å². The van der Waals surface area contributed by atoms with E-state index in [0.29, 0.717) is 19.0 Å². The van der Waals surface area contributed by atoms with Gasteiger partial charge in [-0.25, -0.2) is 4.98 Å². The zero-order chi connectivity index (χ0) is 16.1. The van der Waals surface area contributed by atoms with Gasteiger partial charge in [0.05, 0.1) is 6.54 Å². The first kappa shape index (κ1) is 15.7. The Hall–Kier alpha value is -2.14. The van der Waals surface area contributed by atoms with E-state index < -0.39 is 0 Å². The van der Waals surface area contributed by atoms with Crippen molar-refractivity contribution in [2.45, 2.75) is 25.8 Å². The molecule has 23 heavy (non-hydrogen) atoms. The lowest BCUT2D eigenvalue weighted by Gasteiger charge is -2.16. The van der Waals surface area contributed by atoms with E-state index in [1.54, 1.807) is 6.20 Å². The molecular weight excluding hydrogens is 288 g/mol. The fourth-order valence-electron chi connectivity index (χ4n) is 3.19. The summed E-state index contributed by atoms with van der Waals surface area (Å²) in [5.74, 6) is 1.64. The Bertz CT molecular complexity index is 637. The molecular formula is C18H24N4O. The van der Waals surface area contributed by atoms with Gasteiger partial charge in [0.2, 0.25) is 5.91 Å². The smallest absolute Gasteiger partial charge is 0.234 e. The Balaban J connectivity index is 1.40. The molecule has 1 saturated heterocycles. The molecule has 1 aromatic carbocycles. The Labute approximate surface area is 137 Å². The number of nitrogens with one attached hydrogen (secondary N) is 1. The number of likely N-dealkylation sites (tertiary alicyclic amines) is 1. The van der Waals surface area contributed by atoms with Crippen LogP contribution in [0.3, 0.4) is 0 Å². The third-order valence-corrected chi connectivity index (χ3v) is 4.51. The molecule has 2 heterocycles. The molecule has 1 fully saturated rings. The van der Waals surface area contributed by atoms with Crippen molar-refractivity contribution in [3.8, 4) is 0 Å². The van der Waals surface area contributed by atoms with Crippen molar-refractivity contribution in [1.29, 1.82) is 0 Å². The number of hydrogen-bond donors (Lipinski definition) is 1. The quantitative estimate of drug-likeness (QED) is 0.885. The molecule has 0 radical (unpaired) electrons. The van der Waals surface area contributed by atoms with Gasteiger partial charge in [0.25, 0.3) is 0 Å². The summed E-state index contributed by atoms with van der Waals surface area (Å²) >= 11 is 0. The summed E-state index contributed by atoms with van der Waals surface area (Å²) in [4.78, 5) is 18.5. The summed E-state index contributed by atoms with van der Waals surface area (Å²) in [6, 6.07) is 10.6. The van der Waals surface area contributed by atoms with Gasteiger partial charge in [0.15, 0.2) is 0 Å². The molecule has 122 valence electrons. The maximum Gasteiger partial charge on any atom is 0.234 e. The zero-order valence-electron chi connectivity index (χ0n) is 13.6. The number of rotatable bonds is 6. The standard InChI is InChI=1S/C18H24N4O/c1-15-19-8-11-22(15)12-9-20-18(23)14-21-10-7-17(13-21)16-5-3-2-4-6-16/h2-6,8,11,17H,7,9-10,12-14H2,1H3,(H,20,23)/t17-/m0/s1. The number of aromatic nitrogens is 2. The Kier molecular flexibility index (Phi) is 5.08. The van der Waals surface area contributed by atoms with E-state index in [1.807, 2.05) is 23.8 Å². The predicted molar refractivity (Wildman–Crippen MR) is 90.2 cm³/mol. The highest BCUT2D eigenvalue weighted by Crippen LogP contribution is 2.26. The number of carbonyl (C=O) groups is 1. The molecule has 2 aromatic rings. The number of hydrogen-bond acceptors (Lipinski definition) is 3. The maximum atomic E-state index is 12.1. The van der Waals surface area contributed by atoms with Crippen LogP contribution in [-0.2, 0) is 11.3 Å². The normalized spacial score (nSPS) is 18.2. The summed E-state index contributed by atoms with van der Waals surface area (Å²) in [6.07, 6.45) is 4.85. The van der Waals surface area contributed by atoms with E-state index in [9.17, 15) is 4.79 Å². The van der Waals surface area contributed by atoms with E-state index in [0.717, 1.165) is 31.9 Å². The highest BCUT2D eigenvalue weighted by atomic mass is 16.2. The minimum absolute atomic E-state index is 0.108. The van der Waals surface area contributed by atoms with Gasteiger partial charge in [0, 0.05) is 32.0 Å². The predicted octanol–water partition coefficient (Wildman–Crippen LogP) is 1.80. The van der Waals surface area contributed by atoms with Gasteiger partial charge in [-0.3, -0.25) is 9.69 Å². The van der Waals surface area contributed by atoms with E-state index in [1.165, 1.54) is 5.56 Å². The lowest BCUT2D eigenvalue weighted by Crippen LogP contribution is -2.37. The summed E-state index contributed by atoms with van der Waals surface area (Å²) in [6.45, 7) is 5.84. The summed E-state index contributed by atoms with van der Waals surface area (Å²) < 4.78 is 2.04. The summed E-state index contributed by atoms with van der Waals surface area (Å²) in [5, 5.41) is 3.00. The Morgan fingerprint density at radius 3 is 2.91 bits per heavy atom. The topological polar surface area (TPSA) is 50.2 Å². The van der Waals surface area contributed by atoms with Crippen molar-refractivity contribution in [2.75, 3.05) is 26.2 Å². The molecule has 1 aliphatic rings. The van der Waals surface area contributed by atoms with E-state index >= 15 is 0 Å². The first-order valence-corrected chi connectivity index (χ1v) is 8.24. The molecule has 0 bridgehead atoms. The van der Waals surface area contributed by atoms with Crippen molar-refractivity contribution in [1.82, 2.24) is 19.8 Å². The minimum atomic E-state index is 0.108. The van der Waals surface area contributed by atoms with Crippen LogP contribution < -0.4 is 5.32 Å². The van der Waals surface area contributed by atoms with E-state index in [-0.39, 0.29) is 5.91 Å². The third kappa shape index (κ3) is 4.20. The van der Waals surface area contributed by atoms with Crippen molar-refractivity contribution >= 4 is 5.91 Å². The fraction of sp³-hybridized carbons (Fsp3) is 0.444. The average molecular weight is 312 g/mol. The molecule has 1 aliphatic heterocycles. The molecule has 0 unspecified atom stereocenters. The van der Waals surface area contributed by atoms with Gasteiger partial charge in [-0.2, -0.15) is 0 Å². The molecule has 1 amide bonds. The number of carbonyl (C=O) groups excluding carboxylic acids is 1. The number of nitrogens with zero attached hydrogens (tertiary/aromatic N) is 3. The second kappa shape index (κ2) is 7.42. The molecule has 1 atom stereocenters. The number of aryl methyl sites for hydroxylation is 1. The fourth-order valence-corrected chi connectivity index (χ4v) is 3.19. The van der Waals surface area contributed by atoms with Crippen molar-refractivity contribution in [3.63, 3.8) is 0 Å². The van der Waals surface area contributed by atoms with Gasteiger partial charge < -0.3 is 9.88 Å². The molecule has 1 aromatic heterocycles. The largest absolute Gasteiger partial charge is 0.353 e. The van der Waals surface area contributed by atoms with Crippen molar-refractivity contribution in [3.05, 3.63) is 54.1 Å². The molecule has 0 spiro atoms. The van der Waals surface area contributed by atoms with Crippen LogP contribution in [0.25, 0.3) is 0 Å². The van der Waals surface area contributed by atoms with Gasteiger partial charge >= 0.3 is 0 Å². The maximum absolute atomic E-state index is 12.1. The third-order valence-electron chi connectivity index (χ3n) is 4.51. The number of amides is 1. The monoisotopic (exact) mass is 312 g/mol. The van der Waals surface area contributed by atoms with E-state index in [4.69, 9.17) is 0 Å². The van der Waals surface area contributed by atoms with Gasteiger partial charge in [-0.05, 0) is 31.4 Å². The summed E-state index contributed by atoms with van der Waals surface area (Å²) in [5.41, 5.74) is 1.38. The van der Waals surface area contributed by atoms with Crippen LogP contribution in [-0.4, -0.2) is 46.5 Å². The zero-order valence-corrected chi connectivity index (χ0v) is 13.6. The van der Waals surface area contributed by atoms with Crippen LogP contribution in [0.2, 0.25) is 0 Å². The SMILES string of the molecule is Cc1nccn1CCNC(=O)CN1CC[C@H](c2ccccc2)C1. The highest BCUT2D eigenvalue weighted by Gasteiger charge is 2.24. The average Bonchev–Trinajstić information content (AvgIpc) is 3.18. The van der Waals surface area contributed by atoms with Gasteiger partial charge in [-0.1, -0.05) is 30.3 Å². The van der Waals surface area contributed by atoms with Crippen molar-refractivity contribution in [2.24, 2.45) is 0 Å². The second-order valence-corrected chi connectivity index (χ2v) is 6.15. The second-order valence-electron chi connectivity index (χ2n) is 6.15. The van der Waals surface area contributed by atoms with Crippen molar-refractivity contribution < 1.29 is 4.79 Å².